The van der Waals surface area contributed by atoms with Crippen molar-refractivity contribution in [3.63, 3.8) is 0 Å². The zero-order valence-corrected chi connectivity index (χ0v) is 17.6. The molecular weight excluding hydrogens is 409 g/mol. The Labute approximate surface area is 183 Å². The minimum Gasteiger partial charge on any atom is -0.441 e. The molecule has 1 saturated heterocycles. The Morgan fingerprint density at radius 3 is 2.38 bits per heavy atom. The lowest BCUT2D eigenvalue weighted by atomic mass is 9.95. The van der Waals surface area contributed by atoms with Crippen LogP contribution in [-0.4, -0.2) is 34.9 Å². The molecule has 0 unspecified atom stereocenters. The molecule has 29 heavy (non-hydrogen) atoms. The van der Waals surface area contributed by atoms with Crippen LogP contribution in [0.5, 0.6) is 0 Å². The summed E-state index contributed by atoms with van der Waals surface area (Å²) in [7, 11) is 0. The predicted octanol–water partition coefficient (Wildman–Crippen LogP) is 4.07. The van der Waals surface area contributed by atoms with Gasteiger partial charge in [0.2, 0.25) is 5.91 Å². The second kappa shape index (κ2) is 10.4. The van der Waals surface area contributed by atoms with Crippen LogP contribution in [0.25, 0.3) is 11.3 Å². The highest BCUT2D eigenvalue weighted by Gasteiger charge is 2.33. The van der Waals surface area contributed by atoms with E-state index in [4.69, 9.17) is 10.2 Å². The first-order chi connectivity index (χ1) is 13.2. The van der Waals surface area contributed by atoms with Crippen LogP contribution in [-0.2, 0) is 11.2 Å². The molecular formula is C22H25Cl2N3O2. The Hall–Kier alpha value is -2.34. The van der Waals surface area contributed by atoms with Gasteiger partial charge in [-0.1, -0.05) is 60.7 Å². The van der Waals surface area contributed by atoms with Gasteiger partial charge in [-0.15, -0.1) is 24.8 Å². The van der Waals surface area contributed by atoms with E-state index in [0.29, 0.717) is 31.8 Å². The van der Waals surface area contributed by atoms with Gasteiger partial charge in [-0.05, 0) is 5.56 Å². The van der Waals surface area contributed by atoms with Crippen molar-refractivity contribution in [1.29, 1.82) is 0 Å². The maximum Gasteiger partial charge on any atom is 0.223 e. The molecule has 0 radical (unpaired) electrons. The Morgan fingerprint density at radius 2 is 1.69 bits per heavy atom. The number of hydrogen-bond donors (Lipinski definition) is 1. The first-order valence-electron chi connectivity index (χ1n) is 9.29. The van der Waals surface area contributed by atoms with E-state index in [1.165, 1.54) is 5.56 Å². The van der Waals surface area contributed by atoms with Crippen LogP contribution in [0.15, 0.2) is 71.3 Å². The molecule has 2 atom stereocenters. The van der Waals surface area contributed by atoms with Crippen molar-refractivity contribution in [2.45, 2.75) is 24.8 Å². The number of carbonyl (C=O) groups excluding carboxylic acids is 1. The zero-order valence-electron chi connectivity index (χ0n) is 15.9. The summed E-state index contributed by atoms with van der Waals surface area (Å²) >= 11 is 0. The molecule has 1 aliphatic heterocycles. The average Bonchev–Trinajstić information content (AvgIpc) is 3.34. The number of halogens is 2. The summed E-state index contributed by atoms with van der Waals surface area (Å²) in [5.41, 5.74) is 8.47. The minimum absolute atomic E-state index is 0. The number of rotatable bonds is 5. The molecule has 1 fully saturated rings. The molecule has 0 aliphatic carbocycles. The van der Waals surface area contributed by atoms with Crippen LogP contribution >= 0.6 is 24.8 Å². The second-order valence-corrected chi connectivity index (χ2v) is 6.96. The fourth-order valence-corrected chi connectivity index (χ4v) is 3.62. The lowest BCUT2D eigenvalue weighted by molar-refractivity contribution is -0.130. The number of amides is 1. The molecule has 1 aliphatic rings. The fourth-order valence-electron chi connectivity index (χ4n) is 3.62. The number of aryl methyl sites for hydroxylation is 1. The highest BCUT2D eigenvalue weighted by Crippen LogP contribution is 2.27. The van der Waals surface area contributed by atoms with Crippen molar-refractivity contribution in [3.8, 4) is 11.3 Å². The third-order valence-electron chi connectivity index (χ3n) is 5.11. The van der Waals surface area contributed by atoms with Crippen LogP contribution in [0.3, 0.4) is 0 Å². The number of hydrogen-bond acceptors (Lipinski definition) is 4. The normalized spacial score (nSPS) is 18.0. The molecule has 154 valence electrons. The summed E-state index contributed by atoms with van der Waals surface area (Å²) in [6, 6.07) is 20.0. The van der Waals surface area contributed by atoms with E-state index in [9.17, 15) is 4.79 Å². The number of benzene rings is 2. The van der Waals surface area contributed by atoms with E-state index in [2.05, 4.69) is 17.1 Å². The van der Waals surface area contributed by atoms with Crippen molar-refractivity contribution >= 4 is 30.7 Å². The molecule has 0 saturated carbocycles. The summed E-state index contributed by atoms with van der Waals surface area (Å²) < 4.78 is 5.79. The predicted molar refractivity (Wildman–Crippen MR) is 118 cm³/mol. The van der Waals surface area contributed by atoms with Crippen LogP contribution in [0.2, 0.25) is 0 Å². The molecule has 4 rings (SSSR count). The number of nitrogens with zero attached hydrogens (tertiary/aromatic N) is 2. The van der Waals surface area contributed by atoms with E-state index in [-0.39, 0.29) is 42.7 Å². The number of aromatic nitrogens is 1. The van der Waals surface area contributed by atoms with E-state index in [1.807, 2.05) is 53.4 Å². The highest BCUT2D eigenvalue weighted by molar-refractivity contribution is 5.85. The van der Waals surface area contributed by atoms with Gasteiger partial charge in [0.1, 0.15) is 0 Å². The number of likely N-dealkylation sites (tertiary alicyclic amines) is 1. The molecule has 5 nitrogen and oxygen atoms in total. The van der Waals surface area contributed by atoms with Crippen molar-refractivity contribution < 1.29 is 9.21 Å². The standard InChI is InChI=1S/C22H23N3O2.2ClH/c23-19-15-25(14-18(19)16-7-3-1-4-8-16)22(26)12-11-21-24-13-20(27-21)17-9-5-2-6-10-17;;/h1-10,13,18-19H,11-12,14-15,23H2;2*1H/t18-,19+;;/m0../s1. The summed E-state index contributed by atoms with van der Waals surface area (Å²) in [5, 5.41) is 0. The molecule has 0 spiro atoms. The third-order valence-corrected chi connectivity index (χ3v) is 5.11. The van der Waals surface area contributed by atoms with Crippen molar-refractivity contribution in [2.75, 3.05) is 13.1 Å². The van der Waals surface area contributed by atoms with Gasteiger partial charge in [-0.25, -0.2) is 4.98 Å². The average molecular weight is 434 g/mol. The van der Waals surface area contributed by atoms with E-state index in [0.717, 1.165) is 11.3 Å². The summed E-state index contributed by atoms with van der Waals surface area (Å²) in [6.45, 7) is 1.27. The summed E-state index contributed by atoms with van der Waals surface area (Å²) in [6.07, 6.45) is 2.59. The lowest BCUT2D eigenvalue weighted by Gasteiger charge is -2.16. The van der Waals surface area contributed by atoms with Crippen LogP contribution < -0.4 is 5.73 Å². The van der Waals surface area contributed by atoms with Gasteiger partial charge in [0.05, 0.1) is 6.20 Å². The quantitative estimate of drug-likeness (QED) is 0.657. The lowest BCUT2D eigenvalue weighted by Crippen LogP contribution is -2.32. The van der Waals surface area contributed by atoms with Crippen molar-refractivity contribution in [1.82, 2.24) is 9.88 Å². The van der Waals surface area contributed by atoms with Gasteiger partial charge in [-0.2, -0.15) is 0 Å². The summed E-state index contributed by atoms with van der Waals surface area (Å²) in [5.74, 6) is 1.61. The molecule has 1 amide bonds. The van der Waals surface area contributed by atoms with Crippen molar-refractivity contribution in [2.24, 2.45) is 5.73 Å². The minimum atomic E-state index is -0.0252. The third kappa shape index (κ3) is 5.38. The maximum atomic E-state index is 12.6. The molecule has 2 N–H and O–H groups in total. The number of oxazole rings is 1. The van der Waals surface area contributed by atoms with Gasteiger partial charge >= 0.3 is 0 Å². The SMILES string of the molecule is Cl.Cl.N[C@@H]1CN(C(=O)CCc2ncc(-c3ccccc3)o2)C[C@H]1c1ccccc1. The largest absolute Gasteiger partial charge is 0.441 e. The molecule has 2 heterocycles. The van der Waals surface area contributed by atoms with Crippen molar-refractivity contribution in [3.05, 3.63) is 78.3 Å². The van der Waals surface area contributed by atoms with Crippen LogP contribution in [0.1, 0.15) is 23.8 Å². The Balaban J connectivity index is 0.00000150. The van der Waals surface area contributed by atoms with Crippen LogP contribution in [0, 0.1) is 0 Å². The smallest absolute Gasteiger partial charge is 0.223 e. The van der Waals surface area contributed by atoms with E-state index in [1.54, 1.807) is 6.20 Å². The Kier molecular flexibility index (Phi) is 8.26. The summed E-state index contributed by atoms with van der Waals surface area (Å²) in [4.78, 5) is 18.8. The zero-order chi connectivity index (χ0) is 18.6. The molecule has 3 aromatic rings. The van der Waals surface area contributed by atoms with Gasteiger partial charge in [-0.3, -0.25) is 4.79 Å². The fraction of sp³-hybridized carbons (Fsp3) is 0.273. The van der Waals surface area contributed by atoms with Crippen LogP contribution in [0.4, 0.5) is 0 Å². The number of nitrogens with two attached hydrogens (primary N) is 1. The molecule has 0 bridgehead atoms. The van der Waals surface area contributed by atoms with Gasteiger partial charge < -0.3 is 15.1 Å². The monoisotopic (exact) mass is 433 g/mol. The highest BCUT2D eigenvalue weighted by atomic mass is 35.5. The topological polar surface area (TPSA) is 72.4 Å². The first kappa shape index (κ1) is 22.9. The first-order valence-corrected chi connectivity index (χ1v) is 9.29. The maximum absolute atomic E-state index is 12.6. The van der Waals surface area contributed by atoms with E-state index < -0.39 is 0 Å². The van der Waals surface area contributed by atoms with E-state index >= 15 is 0 Å². The molecule has 1 aromatic heterocycles. The van der Waals surface area contributed by atoms with Gasteiger partial charge in [0.15, 0.2) is 11.7 Å². The molecule has 2 aromatic carbocycles. The Bertz CT molecular complexity index is 903. The van der Waals surface area contributed by atoms with Gasteiger partial charge in [0, 0.05) is 43.5 Å². The number of carbonyl (C=O) groups is 1. The second-order valence-electron chi connectivity index (χ2n) is 6.96. The van der Waals surface area contributed by atoms with Gasteiger partial charge in [0.25, 0.3) is 0 Å². The molecule has 7 heteroatoms. The Morgan fingerprint density at radius 1 is 1.03 bits per heavy atom.